The molecule has 0 fully saturated rings. The van der Waals surface area contributed by atoms with Crippen molar-refractivity contribution in [1.82, 2.24) is 5.32 Å². The van der Waals surface area contributed by atoms with Crippen LogP contribution in [0.2, 0.25) is 10.0 Å². The lowest BCUT2D eigenvalue weighted by Gasteiger charge is -2.20. The predicted octanol–water partition coefficient (Wildman–Crippen LogP) is 6.73. The molecule has 2 unspecified atom stereocenters. The van der Waals surface area contributed by atoms with Crippen molar-refractivity contribution in [2.45, 2.75) is 39.3 Å². The van der Waals surface area contributed by atoms with Gasteiger partial charge in [0.1, 0.15) is 6.04 Å². The second-order valence-electron chi connectivity index (χ2n) is 7.92. The van der Waals surface area contributed by atoms with Gasteiger partial charge in [0.25, 0.3) is 5.91 Å². The lowest BCUT2D eigenvalue weighted by atomic mass is 10.0. The molecule has 0 aliphatic heterocycles. The summed E-state index contributed by atoms with van der Waals surface area (Å²) < 4.78 is 0. The fourth-order valence-electron chi connectivity index (χ4n) is 3.51. The van der Waals surface area contributed by atoms with Crippen molar-refractivity contribution >= 4 is 40.8 Å². The first-order valence-electron chi connectivity index (χ1n) is 10.7. The molecule has 0 aliphatic rings. The van der Waals surface area contributed by atoms with Crippen molar-refractivity contribution in [3.05, 3.63) is 87.4 Å². The van der Waals surface area contributed by atoms with E-state index in [9.17, 15) is 9.59 Å². The maximum absolute atomic E-state index is 12.3. The van der Waals surface area contributed by atoms with Gasteiger partial charge in [-0.15, -0.1) is 0 Å². The number of amides is 1. The van der Waals surface area contributed by atoms with E-state index in [1.54, 1.807) is 18.2 Å². The quantitative estimate of drug-likeness (QED) is 0.330. The lowest BCUT2D eigenvalue weighted by Crippen LogP contribution is -2.38. The molecule has 1 amide bonds. The van der Waals surface area contributed by atoms with Gasteiger partial charge >= 0.3 is 5.97 Å². The smallest absolute Gasteiger partial charge is 0.325 e. The molecule has 0 heterocycles. The number of nitrogens with one attached hydrogen (secondary N) is 2. The monoisotopic (exact) mass is 484 g/mol. The molecule has 0 saturated heterocycles. The first-order chi connectivity index (χ1) is 15.7. The molecular weight excluding hydrogens is 459 g/mol. The maximum atomic E-state index is 12.3. The molecule has 0 saturated carbocycles. The summed E-state index contributed by atoms with van der Waals surface area (Å²) >= 11 is 12.5. The maximum Gasteiger partial charge on any atom is 0.325 e. The van der Waals surface area contributed by atoms with Crippen molar-refractivity contribution < 1.29 is 14.7 Å². The molecule has 3 aromatic carbocycles. The van der Waals surface area contributed by atoms with Crippen molar-refractivity contribution in [1.29, 1.82) is 0 Å². The van der Waals surface area contributed by atoms with Gasteiger partial charge in [-0.3, -0.25) is 9.59 Å². The zero-order chi connectivity index (χ0) is 24.1. The minimum Gasteiger partial charge on any atom is -0.480 e. The van der Waals surface area contributed by atoms with E-state index in [0.717, 1.165) is 33.8 Å². The highest BCUT2D eigenvalue weighted by Crippen LogP contribution is 2.30. The average molecular weight is 485 g/mol. The van der Waals surface area contributed by atoms with Crippen LogP contribution in [0, 0.1) is 6.92 Å². The molecule has 3 rings (SSSR count). The molecule has 2 atom stereocenters. The van der Waals surface area contributed by atoms with Crippen LogP contribution in [0.5, 0.6) is 0 Å². The standard InChI is InChI=1S/C26H26Cl2N2O3/c1-4-24(19-9-11-22(27)15(2)12-19)30-20-7-5-6-17(13-20)18-8-10-21(23(28)14-18)25(31)29-16(3)26(32)33/h5-14,16,24,30H,4H2,1-3H3,(H,29,31)(H,32,33). The molecule has 0 bridgehead atoms. The van der Waals surface area contributed by atoms with Gasteiger partial charge in [-0.25, -0.2) is 0 Å². The van der Waals surface area contributed by atoms with Crippen LogP contribution in [0.15, 0.2) is 60.7 Å². The number of anilines is 1. The molecule has 0 aliphatic carbocycles. The number of carbonyl (C=O) groups excluding carboxylic acids is 1. The molecular formula is C26H26Cl2N2O3. The SMILES string of the molecule is CCC(Nc1cccc(-c2ccc(C(=O)NC(C)C(=O)O)c(Cl)c2)c1)c1ccc(Cl)c(C)c1. The Labute approximate surface area is 203 Å². The topological polar surface area (TPSA) is 78.4 Å². The fourth-order valence-corrected chi connectivity index (χ4v) is 3.89. The molecule has 3 aromatic rings. The van der Waals surface area contributed by atoms with Gasteiger partial charge in [0, 0.05) is 10.7 Å². The predicted molar refractivity (Wildman–Crippen MR) is 134 cm³/mol. The highest BCUT2D eigenvalue weighted by Gasteiger charge is 2.18. The Bertz CT molecular complexity index is 1180. The molecule has 0 radical (unpaired) electrons. The van der Waals surface area contributed by atoms with Crippen LogP contribution in [0.25, 0.3) is 11.1 Å². The summed E-state index contributed by atoms with van der Waals surface area (Å²) in [7, 11) is 0. The number of carboxylic acids is 1. The van der Waals surface area contributed by atoms with Gasteiger partial charge in [-0.05, 0) is 72.9 Å². The third-order valence-electron chi connectivity index (χ3n) is 5.46. The number of carboxylic acid groups (broad SMARTS) is 1. The van der Waals surface area contributed by atoms with E-state index in [2.05, 4.69) is 23.6 Å². The Morgan fingerprint density at radius 3 is 2.33 bits per heavy atom. The van der Waals surface area contributed by atoms with Crippen LogP contribution in [0.4, 0.5) is 5.69 Å². The number of aryl methyl sites for hydroxylation is 1. The number of halogens is 2. The Balaban J connectivity index is 1.81. The minimum atomic E-state index is -1.11. The van der Waals surface area contributed by atoms with Gasteiger partial charge in [-0.1, -0.05) is 60.5 Å². The van der Waals surface area contributed by atoms with Gasteiger partial charge in [0.15, 0.2) is 0 Å². The van der Waals surface area contributed by atoms with E-state index in [-0.39, 0.29) is 16.6 Å². The summed E-state index contributed by atoms with van der Waals surface area (Å²) in [6, 6.07) is 18.3. The highest BCUT2D eigenvalue weighted by molar-refractivity contribution is 6.34. The number of benzene rings is 3. The largest absolute Gasteiger partial charge is 0.480 e. The van der Waals surface area contributed by atoms with E-state index in [0.29, 0.717) is 0 Å². The van der Waals surface area contributed by atoms with Crippen molar-refractivity contribution in [2.75, 3.05) is 5.32 Å². The van der Waals surface area contributed by atoms with Crippen LogP contribution >= 0.6 is 23.2 Å². The minimum absolute atomic E-state index is 0.127. The third kappa shape index (κ3) is 6.06. The zero-order valence-electron chi connectivity index (χ0n) is 18.7. The van der Waals surface area contributed by atoms with Crippen LogP contribution < -0.4 is 10.6 Å². The Morgan fingerprint density at radius 2 is 1.70 bits per heavy atom. The normalized spacial score (nSPS) is 12.6. The fraction of sp³-hybridized carbons (Fsp3) is 0.231. The second-order valence-corrected chi connectivity index (χ2v) is 8.74. The highest BCUT2D eigenvalue weighted by atomic mass is 35.5. The molecule has 33 heavy (non-hydrogen) atoms. The summed E-state index contributed by atoms with van der Waals surface area (Å²) in [6.45, 7) is 5.52. The van der Waals surface area contributed by atoms with Crippen molar-refractivity contribution in [3.63, 3.8) is 0 Å². The molecule has 0 spiro atoms. The Hall–Kier alpha value is -3.02. The van der Waals surface area contributed by atoms with Crippen LogP contribution in [-0.4, -0.2) is 23.0 Å². The van der Waals surface area contributed by atoms with Crippen LogP contribution in [-0.2, 0) is 4.79 Å². The summed E-state index contributed by atoms with van der Waals surface area (Å²) in [5.41, 5.74) is 5.18. The van der Waals surface area contributed by atoms with E-state index >= 15 is 0 Å². The number of hydrogen-bond acceptors (Lipinski definition) is 3. The zero-order valence-corrected chi connectivity index (χ0v) is 20.2. The third-order valence-corrected chi connectivity index (χ3v) is 6.20. The van der Waals surface area contributed by atoms with E-state index in [1.807, 2.05) is 43.3 Å². The van der Waals surface area contributed by atoms with E-state index < -0.39 is 17.9 Å². The first kappa shape index (κ1) is 24.6. The van der Waals surface area contributed by atoms with Crippen LogP contribution in [0.3, 0.4) is 0 Å². The summed E-state index contributed by atoms with van der Waals surface area (Å²) in [6.07, 6.45) is 0.899. The first-order valence-corrected chi connectivity index (χ1v) is 11.4. The van der Waals surface area contributed by atoms with E-state index in [4.69, 9.17) is 28.3 Å². The average Bonchev–Trinajstić information content (AvgIpc) is 2.79. The number of aliphatic carboxylic acids is 1. The summed E-state index contributed by atoms with van der Waals surface area (Å²) in [4.78, 5) is 23.3. The Kier molecular flexibility index (Phi) is 8.01. The molecule has 5 nitrogen and oxygen atoms in total. The molecule has 0 aromatic heterocycles. The van der Waals surface area contributed by atoms with Gasteiger partial charge in [0.2, 0.25) is 0 Å². The summed E-state index contributed by atoms with van der Waals surface area (Å²) in [5, 5.41) is 16.0. The van der Waals surface area contributed by atoms with Crippen molar-refractivity contribution in [3.8, 4) is 11.1 Å². The van der Waals surface area contributed by atoms with Crippen LogP contribution in [0.1, 0.15) is 47.8 Å². The second kappa shape index (κ2) is 10.7. The number of carbonyl (C=O) groups is 2. The molecule has 7 heteroatoms. The summed E-state index contributed by atoms with van der Waals surface area (Å²) in [5.74, 6) is -1.64. The number of hydrogen-bond donors (Lipinski definition) is 3. The van der Waals surface area contributed by atoms with E-state index in [1.165, 1.54) is 12.5 Å². The van der Waals surface area contributed by atoms with Gasteiger partial charge in [-0.2, -0.15) is 0 Å². The van der Waals surface area contributed by atoms with Gasteiger partial charge < -0.3 is 15.7 Å². The molecule has 3 N–H and O–H groups in total. The lowest BCUT2D eigenvalue weighted by molar-refractivity contribution is -0.138. The molecule has 172 valence electrons. The Morgan fingerprint density at radius 1 is 0.970 bits per heavy atom. The van der Waals surface area contributed by atoms with Crippen molar-refractivity contribution in [2.24, 2.45) is 0 Å². The number of rotatable bonds is 8. The van der Waals surface area contributed by atoms with Gasteiger partial charge in [0.05, 0.1) is 16.6 Å².